The highest BCUT2D eigenvalue weighted by atomic mass is 16.1. The molecule has 0 radical (unpaired) electrons. The molecular weight excluding hydrogens is 238 g/mol. The van der Waals surface area contributed by atoms with Crippen LogP contribution in [0.3, 0.4) is 0 Å². The highest BCUT2D eigenvalue weighted by Gasteiger charge is 2.32. The first-order chi connectivity index (χ1) is 8.86. The van der Waals surface area contributed by atoms with E-state index in [4.69, 9.17) is 5.73 Å². The van der Waals surface area contributed by atoms with E-state index >= 15 is 0 Å². The van der Waals surface area contributed by atoms with Gasteiger partial charge in [0.2, 0.25) is 5.91 Å². The van der Waals surface area contributed by atoms with Gasteiger partial charge in [0.1, 0.15) is 0 Å². The molecular formula is C15H29N3O. The Balaban J connectivity index is 1.76. The maximum atomic E-state index is 12.1. The average molecular weight is 267 g/mol. The summed E-state index contributed by atoms with van der Waals surface area (Å²) in [5.41, 5.74) is 6.07. The molecule has 0 aromatic rings. The fourth-order valence-electron chi connectivity index (χ4n) is 3.15. The summed E-state index contributed by atoms with van der Waals surface area (Å²) in [7, 11) is 0. The number of carbonyl (C=O) groups is 1. The molecule has 0 aromatic heterocycles. The van der Waals surface area contributed by atoms with Crippen molar-refractivity contribution in [2.45, 2.75) is 71.0 Å². The lowest BCUT2D eigenvalue weighted by atomic mass is 9.85. The predicted octanol–water partition coefficient (Wildman–Crippen LogP) is 1.49. The van der Waals surface area contributed by atoms with Crippen LogP contribution in [0.5, 0.6) is 0 Å². The van der Waals surface area contributed by atoms with E-state index in [1.165, 1.54) is 19.4 Å². The minimum atomic E-state index is -0.0703. The third kappa shape index (κ3) is 3.93. The van der Waals surface area contributed by atoms with E-state index in [1.54, 1.807) is 0 Å². The quantitative estimate of drug-likeness (QED) is 0.814. The lowest BCUT2D eigenvalue weighted by molar-refractivity contribution is -0.123. The Labute approximate surface area is 117 Å². The van der Waals surface area contributed by atoms with Crippen molar-refractivity contribution in [3.63, 3.8) is 0 Å². The standard InChI is InChI=1S/C15H29N3O/c1-15(2,3)13(16)10-14(19)17-11-6-8-18-7-4-5-12(18)9-11/h11-13H,4-10,16H2,1-3H3,(H,17,19). The van der Waals surface area contributed by atoms with E-state index in [9.17, 15) is 4.79 Å². The highest BCUT2D eigenvalue weighted by molar-refractivity contribution is 5.77. The summed E-state index contributed by atoms with van der Waals surface area (Å²) >= 11 is 0. The number of hydrogen-bond donors (Lipinski definition) is 2. The van der Waals surface area contributed by atoms with Crippen LogP contribution in [0.25, 0.3) is 0 Å². The second-order valence-corrected chi connectivity index (χ2v) is 7.30. The number of fused-ring (bicyclic) bond motifs is 1. The Morgan fingerprint density at radius 2 is 2.11 bits per heavy atom. The van der Waals surface area contributed by atoms with Crippen LogP contribution in [0.1, 0.15) is 52.9 Å². The fraction of sp³-hybridized carbons (Fsp3) is 0.933. The molecule has 2 rings (SSSR count). The highest BCUT2D eigenvalue weighted by Crippen LogP contribution is 2.27. The molecule has 4 heteroatoms. The summed E-state index contributed by atoms with van der Waals surface area (Å²) in [4.78, 5) is 14.6. The van der Waals surface area contributed by atoms with E-state index < -0.39 is 0 Å². The van der Waals surface area contributed by atoms with E-state index in [0.717, 1.165) is 19.4 Å². The summed E-state index contributed by atoms with van der Waals surface area (Å²) in [6.07, 6.45) is 5.27. The predicted molar refractivity (Wildman–Crippen MR) is 77.8 cm³/mol. The van der Waals surface area contributed by atoms with Gasteiger partial charge < -0.3 is 16.0 Å². The number of nitrogens with one attached hydrogen (secondary N) is 1. The molecule has 19 heavy (non-hydrogen) atoms. The summed E-state index contributed by atoms with van der Waals surface area (Å²) in [6, 6.07) is 0.994. The van der Waals surface area contributed by atoms with E-state index in [0.29, 0.717) is 18.5 Å². The zero-order valence-electron chi connectivity index (χ0n) is 12.6. The van der Waals surface area contributed by atoms with Crippen molar-refractivity contribution >= 4 is 5.91 Å². The van der Waals surface area contributed by atoms with Gasteiger partial charge in [0, 0.05) is 31.1 Å². The number of piperidine rings is 1. The molecule has 0 saturated carbocycles. The third-order valence-electron chi connectivity index (χ3n) is 4.70. The van der Waals surface area contributed by atoms with Crippen molar-refractivity contribution in [3.8, 4) is 0 Å². The van der Waals surface area contributed by atoms with Gasteiger partial charge in [-0.15, -0.1) is 0 Å². The third-order valence-corrected chi connectivity index (χ3v) is 4.70. The minimum Gasteiger partial charge on any atom is -0.353 e. The van der Waals surface area contributed by atoms with Crippen molar-refractivity contribution in [2.24, 2.45) is 11.1 Å². The molecule has 2 aliphatic heterocycles. The molecule has 0 aromatic carbocycles. The molecule has 3 unspecified atom stereocenters. The molecule has 110 valence electrons. The number of nitrogens with two attached hydrogens (primary N) is 1. The van der Waals surface area contributed by atoms with Crippen LogP contribution in [0.2, 0.25) is 0 Å². The number of amides is 1. The number of hydrogen-bond acceptors (Lipinski definition) is 3. The normalized spacial score (nSPS) is 29.9. The van der Waals surface area contributed by atoms with Gasteiger partial charge in [0.15, 0.2) is 0 Å². The smallest absolute Gasteiger partial charge is 0.221 e. The fourth-order valence-corrected chi connectivity index (χ4v) is 3.15. The van der Waals surface area contributed by atoms with Gasteiger partial charge in [-0.25, -0.2) is 0 Å². The molecule has 4 nitrogen and oxygen atoms in total. The van der Waals surface area contributed by atoms with Gasteiger partial charge in [-0.05, 0) is 37.6 Å². The molecule has 2 aliphatic rings. The number of rotatable bonds is 3. The largest absolute Gasteiger partial charge is 0.353 e. The average Bonchev–Trinajstić information content (AvgIpc) is 2.74. The van der Waals surface area contributed by atoms with Crippen LogP contribution in [0, 0.1) is 5.41 Å². The molecule has 0 aliphatic carbocycles. The molecule has 3 N–H and O–H groups in total. The van der Waals surface area contributed by atoms with E-state index in [2.05, 4.69) is 31.0 Å². The zero-order chi connectivity index (χ0) is 14.0. The summed E-state index contributed by atoms with van der Waals surface area (Å²) in [6.45, 7) is 8.65. The van der Waals surface area contributed by atoms with Crippen LogP contribution < -0.4 is 11.1 Å². The van der Waals surface area contributed by atoms with E-state index in [1.807, 2.05) is 0 Å². The maximum Gasteiger partial charge on any atom is 0.221 e. The molecule has 2 heterocycles. The lowest BCUT2D eigenvalue weighted by Crippen LogP contribution is -2.49. The topological polar surface area (TPSA) is 58.4 Å². The van der Waals surface area contributed by atoms with Crippen LogP contribution in [0.4, 0.5) is 0 Å². The summed E-state index contributed by atoms with van der Waals surface area (Å²) in [5.74, 6) is 0.124. The van der Waals surface area contributed by atoms with E-state index in [-0.39, 0.29) is 17.4 Å². The Morgan fingerprint density at radius 3 is 2.79 bits per heavy atom. The monoisotopic (exact) mass is 267 g/mol. The summed E-state index contributed by atoms with van der Waals surface area (Å²) < 4.78 is 0. The second-order valence-electron chi connectivity index (χ2n) is 7.30. The van der Waals surface area contributed by atoms with Crippen LogP contribution >= 0.6 is 0 Å². The first kappa shape index (κ1) is 14.8. The molecule has 0 spiro atoms. The molecule has 3 atom stereocenters. The first-order valence-electron chi connectivity index (χ1n) is 7.65. The minimum absolute atomic E-state index is 0.00778. The molecule has 1 amide bonds. The van der Waals surface area contributed by atoms with Crippen molar-refractivity contribution in [2.75, 3.05) is 13.1 Å². The molecule has 2 fully saturated rings. The Bertz CT molecular complexity index is 324. The first-order valence-corrected chi connectivity index (χ1v) is 7.65. The van der Waals surface area contributed by atoms with Crippen LogP contribution in [-0.2, 0) is 4.79 Å². The summed E-state index contributed by atoms with van der Waals surface area (Å²) in [5, 5.41) is 3.19. The van der Waals surface area contributed by atoms with Crippen LogP contribution in [-0.4, -0.2) is 42.0 Å². The SMILES string of the molecule is CC(C)(C)C(N)CC(=O)NC1CCN2CCCC2C1. The van der Waals surface area contributed by atoms with Crippen LogP contribution in [0.15, 0.2) is 0 Å². The lowest BCUT2D eigenvalue weighted by Gasteiger charge is -2.35. The Morgan fingerprint density at radius 1 is 1.37 bits per heavy atom. The van der Waals surface area contributed by atoms with Gasteiger partial charge in [0.25, 0.3) is 0 Å². The van der Waals surface area contributed by atoms with Gasteiger partial charge in [-0.3, -0.25) is 4.79 Å². The second kappa shape index (κ2) is 5.80. The Kier molecular flexibility index (Phi) is 4.51. The van der Waals surface area contributed by atoms with Crippen molar-refractivity contribution in [1.29, 1.82) is 0 Å². The van der Waals surface area contributed by atoms with Gasteiger partial charge in [-0.2, -0.15) is 0 Å². The number of nitrogens with zero attached hydrogens (tertiary/aromatic N) is 1. The van der Waals surface area contributed by atoms with Gasteiger partial charge in [0.05, 0.1) is 0 Å². The van der Waals surface area contributed by atoms with Crippen molar-refractivity contribution < 1.29 is 4.79 Å². The molecule has 0 bridgehead atoms. The van der Waals surface area contributed by atoms with Gasteiger partial charge >= 0.3 is 0 Å². The van der Waals surface area contributed by atoms with Crippen molar-refractivity contribution in [1.82, 2.24) is 10.2 Å². The van der Waals surface area contributed by atoms with Gasteiger partial charge in [-0.1, -0.05) is 20.8 Å². The zero-order valence-corrected chi connectivity index (χ0v) is 12.6. The maximum absolute atomic E-state index is 12.1. The number of carbonyl (C=O) groups excluding carboxylic acids is 1. The van der Waals surface area contributed by atoms with Crippen molar-refractivity contribution in [3.05, 3.63) is 0 Å². The Hall–Kier alpha value is -0.610. The molecule has 2 saturated heterocycles.